The second-order valence-electron chi connectivity index (χ2n) is 4.33. The van der Waals surface area contributed by atoms with Crippen LogP contribution in [0.15, 0.2) is 0 Å². The van der Waals surface area contributed by atoms with Crippen LogP contribution in [0, 0.1) is 0 Å². The summed E-state index contributed by atoms with van der Waals surface area (Å²) in [4.78, 5) is 0. The monoisotopic (exact) mass is 262 g/mol. The Labute approximate surface area is 110 Å². The van der Waals surface area contributed by atoms with E-state index in [9.17, 15) is 0 Å². The average molecular weight is 262 g/mol. The lowest BCUT2D eigenvalue weighted by molar-refractivity contribution is -0.158. The van der Waals surface area contributed by atoms with E-state index in [1.165, 1.54) is 32.1 Å². The smallest absolute Gasteiger partial charge is 0.157 e. The van der Waals surface area contributed by atoms with Crippen LogP contribution in [0.5, 0.6) is 0 Å². The molecule has 2 aliphatic rings. The van der Waals surface area contributed by atoms with E-state index in [0.29, 0.717) is 5.44 Å². The summed E-state index contributed by atoms with van der Waals surface area (Å²) in [6.07, 6.45) is 7.28. The van der Waals surface area contributed by atoms with Crippen LogP contribution in [0.4, 0.5) is 0 Å². The Morgan fingerprint density at radius 1 is 1.00 bits per heavy atom. The molecule has 2 atom stereocenters. The van der Waals surface area contributed by atoms with E-state index in [1.54, 1.807) is 0 Å². The molecule has 2 saturated heterocycles. The third-order valence-corrected chi connectivity index (χ3v) is 4.11. The normalized spacial score (nSPS) is 29.6. The van der Waals surface area contributed by atoms with Gasteiger partial charge in [0.1, 0.15) is 5.44 Å². The largest absolute Gasteiger partial charge is 0.368 e. The Bertz CT molecular complexity index is 158. The number of hydrogen-bond donors (Lipinski definition) is 0. The van der Waals surface area contributed by atoms with Crippen LogP contribution >= 0.6 is 11.8 Å². The van der Waals surface area contributed by atoms with E-state index in [-0.39, 0.29) is 13.7 Å². The van der Waals surface area contributed by atoms with Crippen LogP contribution < -0.4 is 0 Å². The fourth-order valence-corrected chi connectivity index (χ4v) is 3.03. The predicted octanol–water partition coefficient (Wildman–Crippen LogP) is 3.43. The van der Waals surface area contributed by atoms with Crippen molar-refractivity contribution in [1.82, 2.24) is 0 Å². The maximum Gasteiger partial charge on any atom is 0.157 e. The Kier molecular flexibility index (Phi) is 8.27. The molecule has 3 nitrogen and oxygen atoms in total. The molecule has 0 bridgehead atoms. The van der Waals surface area contributed by atoms with Crippen LogP contribution in [0.25, 0.3) is 0 Å². The third kappa shape index (κ3) is 6.09. The van der Waals surface area contributed by atoms with Gasteiger partial charge in [-0.2, -0.15) is 0 Å². The van der Waals surface area contributed by atoms with Gasteiger partial charge in [-0.3, -0.25) is 0 Å². The van der Waals surface area contributed by atoms with Crippen molar-refractivity contribution in [3.63, 3.8) is 0 Å². The Balaban J connectivity index is 0.00000144. The zero-order valence-electron chi connectivity index (χ0n) is 9.86. The topological polar surface area (TPSA) is 27.7 Å². The maximum absolute atomic E-state index is 5.68. The van der Waals surface area contributed by atoms with Gasteiger partial charge in [-0.1, -0.05) is 7.43 Å². The van der Waals surface area contributed by atoms with Crippen LogP contribution in [-0.4, -0.2) is 37.3 Å². The van der Waals surface area contributed by atoms with Crippen molar-refractivity contribution < 1.29 is 14.2 Å². The third-order valence-electron chi connectivity index (χ3n) is 2.97. The minimum absolute atomic E-state index is 0. The van der Waals surface area contributed by atoms with Gasteiger partial charge in [0.15, 0.2) is 6.29 Å². The van der Waals surface area contributed by atoms with Crippen molar-refractivity contribution in [3.05, 3.63) is 0 Å². The van der Waals surface area contributed by atoms with Gasteiger partial charge < -0.3 is 14.2 Å². The fraction of sp³-hybridized carbons (Fsp3) is 1.00. The van der Waals surface area contributed by atoms with Crippen LogP contribution in [-0.2, 0) is 14.2 Å². The molecule has 2 unspecified atom stereocenters. The van der Waals surface area contributed by atoms with Crippen LogP contribution in [0.3, 0.4) is 0 Å². The predicted molar refractivity (Wildman–Crippen MR) is 72.3 cm³/mol. The molecule has 2 heterocycles. The number of rotatable bonds is 5. The second-order valence-corrected chi connectivity index (χ2v) is 5.60. The molecule has 0 aromatic heterocycles. The highest BCUT2D eigenvalue weighted by atomic mass is 32.2. The number of hydrogen-bond acceptors (Lipinski definition) is 4. The highest BCUT2D eigenvalue weighted by Gasteiger charge is 2.16. The summed E-state index contributed by atoms with van der Waals surface area (Å²) in [7, 11) is 0. The van der Waals surface area contributed by atoms with Crippen molar-refractivity contribution >= 4 is 11.8 Å². The Hall–Kier alpha value is 0.230. The Morgan fingerprint density at radius 3 is 2.41 bits per heavy atom. The maximum atomic E-state index is 5.68. The first-order valence-corrected chi connectivity index (χ1v) is 7.46. The standard InChI is InChI=1S/C12H22O3S.CH4/c1-3-7-13-11(5-1)14-9-10-16-12-6-2-4-8-15-12;/h11-12H,1-10H2;1H4. The van der Waals surface area contributed by atoms with E-state index >= 15 is 0 Å². The zero-order chi connectivity index (χ0) is 11.1. The first-order chi connectivity index (χ1) is 7.95. The lowest BCUT2D eigenvalue weighted by Gasteiger charge is -2.24. The Morgan fingerprint density at radius 2 is 1.76 bits per heavy atom. The first kappa shape index (κ1) is 15.3. The van der Waals surface area contributed by atoms with Gasteiger partial charge in [-0.15, -0.1) is 11.8 Å². The highest BCUT2D eigenvalue weighted by molar-refractivity contribution is 7.99. The lowest BCUT2D eigenvalue weighted by atomic mass is 10.2. The van der Waals surface area contributed by atoms with Gasteiger partial charge in [0, 0.05) is 19.0 Å². The molecule has 4 heteroatoms. The molecule has 0 aliphatic carbocycles. The molecule has 2 rings (SSSR count). The SMILES string of the molecule is C.C1CCC(OCCSC2CCCCO2)OC1. The molecular formula is C13H26O3S. The van der Waals surface area contributed by atoms with Gasteiger partial charge in [-0.25, -0.2) is 0 Å². The minimum Gasteiger partial charge on any atom is -0.368 e. The fourth-order valence-electron chi connectivity index (χ4n) is 2.04. The number of thioether (sulfide) groups is 1. The van der Waals surface area contributed by atoms with Crippen LogP contribution in [0.1, 0.15) is 46.0 Å². The van der Waals surface area contributed by atoms with Gasteiger partial charge in [0.05, 0.1) is 6.61 Å². The molecular weight excluding hydrogens is 236 g/mol. The molecule has 17 heavy (non-hydrogen) atoms. The molecule has 0 N–H and O–H groups in total. The molecule has 0 amide bonds. The van der Waals surface area contributed by atoms with Gasteiger partial charge in [0.25, 0.3) is 0 Å². The highest BCUT2D eigenvalue weighted by Crippen LogP contribution is 2.23. The molecule has 0 saturated carbocycles. The molecule has 0 spiro atoms. The summed E-state index contributed by atoms with van der Waals surface area (Å²) < 4.78 is 16.8. The summed E-state index contributed by atoms with van der Waals surface area (Å²) in [5.74, 6) is 1.02. The summed E-state index contributed by atoms with van der Waals surface area (Å²) in [6, 6.07) is 0. The van der Waals surface area contributed by atoms with Crippen LogP contribution in [0.2, 0.25) is 0 Å². The van der Waals surface area contributed by atoms with E-state index in [4.69, 9.17) is 14.2 Å². The van der Waals surface area contributed by atoms with Crippen molar-refractivity contribution in [1.29, 1.82) is 0 Å². The van der Waals surface area contributed by atoms with Crippen molar-refractivity contribution in [3.8, 4) is 0 Å². The molecule has 102 valence electrons. The molecule has 2 aliphatic heterocycles. The van der Waals surface area contributed by atoms with E-state index in [0.717, 1.165) is 32.0 Å². The van der Waals surface area contributed by atoms with E-state index in [2.05, 4.69) is 0 Å². The van der Waals surface area contributed by atoms with Gasteiger partial charge >= 0.3 is 0 Å². The summed E-state index contributed by atoms with van der Waals surface area (Å²) in [5.41, 5.74) is 0.407. The quantitative estimate of drug-likeness (QED) is 0.710. The lowest BCUT2D eigenvalue weighted by Crippen LogP contribution is -2.24. The molecule has 0 radical (unpaired) electrons. The van der Waals surface area contributed by atoms with Gasteiger partial charge in [0.2, 0.25) is 0 Å². The second kappa shape index (κ2) is 9.20. The molecule has 2 fully saturated rings. The minimum atomic E-state index is 0. The van der Waals surface area contributed by atoms with E-state index < -0.39 is 0 Å². The van der Waals surface area contributed by atoms with Gasteiger partial charge in [-0.05, 0) is 38.5 Å². The zero-order valence-corrected chi connectivity index (χ0v) is 10.7. The average Bonchev–Trinajstić information content (AvgIpc) is 2.37. The first-order valence-electron chi connectivity index (χ1n) is 6.41. The molecule has 0 aromatic carbocycles. The van der Waals surface area contributed by atoms with Crippen molar-refractivity contribution in [2.24, 2.45) is 0 Å². The van der Waals surface area contributed by atoms with Crippen molar-refractivity contribution in [2.45, 2.75) is 57.7 Å². The number of ether oxygens (including phenoxy) is 3. The molecule has 0 aromatic rings. The van der Waals surface area contributed by atoms with E-state index in [1.807, 2.05) is 11.8 Å². The summed E-state index contributed by atoms with van der Waals surface area (Å²) >= 11 is 1.88. The summed E-state index contributed by atoms with van der Waals surface area (Å²) in [5, 5.41) is 0. The van der Waals surface area contributed by atoms with Crippen molar-refractivity contribution in [2.75, 3.05) is 25.6 Å². The summed E-state index contributed by atoms with van der Waals surface area (Å²) in [6.45, 7) is 2.59.